The number of benzene rings is 2. The number of rotatable bonds is 6. The quantitative estimate of drug-likeness (QED) is 0.619. The van der Waals surface area contributed by atoms with Gasteiger partial charge in [0.05, 0.1) is 18.2 Å². The second-order valence-electron chi connectivity index (χ2n) is 6.65. The largest absolute Gasteiger partial charge is 0.357 e. The van der Waals surface area contributed by atoms with Crippen LogP contribution < -0.4 is 10.6 Å². The Kier molecular flexibility index (Phi) is 5.52. The molecule has 0 saturated heterocycles. The molecular formula is C21H23FN4. The number of nitrogens with one attached hydrogen (secondary N) is 2. The lowest BCUT2D eigenvalue weighted by molar-refractivity contribution is 0.607. The fourth-order valence-corrected chi connectivity index (χ4v) is 3.04. The molecule has 0 unspecified atom stereocenters. The molecule has 4 nitrogen and oxygen atoms in total. The summed E-state index contributed by atoms with van der Waals surface area (Å²) in [5.41, 5.74) is 2.67. The van der Waals surface area contributed by atoms with Gasteiger partial charge < -0.3 is 10.6 Å². The van der Waals surface area contributed by atoms with Crippen molar-refractivity contribution in [3.63, 3.8) is 0 Å². The maximum atomic E-state index is 13.5. The molecule has 0 amide bonds. The molecule has 0 bridgehead atoms. The highest BCUT2D eigenvalue weighted by Gasteiger charge is 2.44. The minimum atomic E-state index is -0.188. The molecule has 0 atom stereocenters. The van der Waals surface area contributed by atoms with Gasteiger partial charge in [-0.2, -0.15) is 5.26 Å². The predicted molar refractivity (Wildman–Crippen MR) is 101 cm³/mol. The van der Waals surface area contributed by atoms with Crippen molar-refractivity contribution in [3.05, 3.63) is 71.0 Å². The first-order valence-electron chi connectivity index (χ1n) is 8.92. The van der Waals surface area contributed by atoms with Gasteiger partial charge >= 0.3 is 0 Å². The van der Waals surface area contributed by atoms with Crippen LogP contribution in [0.1, 0.15) is 36.5 Å². The molecule has 2 aromatic carbocycles. The highest BCUT2D eigenvalue weighted by Crippen LogP contribution is 2.47. The first kappa shape index (κ1) is 17.9. The molecule has 0 aromatic heterocycles. The summed E-state index contributed by atoms with van der Waals surface area (Å²) in [5.74, 6) is 0.546. The Morgan fingerprint density at radius 3 is 2.69 bits per heavy atom. The maximum absolute atomic E-state index is 13.5. The van der Waals surface area contributed by atoms with Crippen molar-refractivity contribution in [2.75, 3.05) is 13.1 Å². The Labute approximate surface area is 153 Å². The molecule has 0 spiro atoms. The lowest BCUT2D eigenvalue weighted by Gasteiger charge is -2.19. The van der Waals surface area contributed by atoms with Crippen LogP contribution in [0.2, 0.25) is 0 Å². The number of halogens is 1. The van der Waals surface area contributed by atoms with Gasteiger partial charge in [-0.3, -0.25) is 0 Å². The number of aliphatic imine (C=N–C) groups is 1. The molecule has 2 aromatic rings. The van der Waals surface area contributed by atoms with Crippen molar-refractivity contribution in [2.24, 2.45) is 4.99 Å². The van der Waals surface area contributed by atoms with Gasteiger partial charge in [0, 0.05) is 18.5 Å². The molecule has 1 fully saturated rings. The summed E-state index contributed by atoms with van der Waals surface area (Å²) in [7, 11) is 0. The maximum Gasteiger partial charge on any atom is 0.191 e. The summed E-state index contributed by atoms with van der Waals surface area (Å²) >= 11 is 0. The molecule has 2 N–H and O–H groups in total. The molecule has 1 saturated carbocycles. The normalized spacial score (nSPS) is 15.2. The minimum Gasteiger partial charge on any atom is -0.357 e. The van der Waals surface area contributed by atoms with E-state index in [9.17, 15) is 4.39 Å². The summed E-state index contributed by atoms with van der Waals surface area (Å²) in [6.07, 6.45) is 2.10. The van der Waals surface area contributed by atoms with Crippen molar-refractivity contribution in [1.82, 2.24) is 10.6 Å². The van der Waals surface area contributed by atoms with Gasteiger partial charge in [-0.05, 0) is 55.2 Å². The van der Waals surface area contributed by atoms with Gasteiger partial charge in [-0.25, -0.2) is 9.38 Å². The van der Waals surface area contributed by atoms with Crippen molar-refractivity contribution in [3.8, 4) is 6.07 Å². The standard InChI is InChI=1S/C21H23FN4/c1-2-24-20(25-14-17-6-3-5-16(11-17)13-23)26-15-21(9-10-21)18-7-4-8-19(22)12-18/h3-8,11-12H,2,9-10,14-15H2,1H3,(H2,24,25,26). The van der Waals surface area contributed by atoms with Gasteiger partial charge in [-0.15, -0.1) is 0 Å². The lowest BCUT2D eigenvalue weighted by atomic mass is 9.96. The van der Waals surface area contributed by atoms with Crippen LogP contribution in [-0.4, -0.2) is 19.0 Å². The Morgan fingerprint density at radius 2 is 2.00 bits per heavy atom. The third kappa shape index (κ3) is 4.40. The van der Waals surface area contributed by atoms with Crippen LogP contribution in [0.15, 0.2) is 53.5 Å². The summed E-state index contributed by atoms with van der Waals surface area (Å²) in [4.78, 5) is 4.61. The van der Waals surface area contributed by atoms with Gasteiger partial charge in [0.25, 0.3) is 0 Å². The molecule has 26 heavy (non-hydrogen) atoms. The van der Waals surface area contributed by atoms with E-state index in [0.717, 1.165) is 43.0 Å². The predicted octanol–water partition coefficient (Wildman–Crippen LogP) is 3.48. The van der Waals surface area contributed by atoms with Crippen molar-refractivity contribution in [2.45, 2.75) is 31.7 Å². The topological polar surface area (TPSA) is 60.2 Å². The van der Waals surface area contributed by atoms with Gasteiger partial charge in [0.2, 0.25) is 0 Å². The van der Waals surface area contributed by atoms with Crippen LogP contribution in [0.25, 0.3) is 0 Å². The number of hydrogen-bond donors (Lipinski definition) is 2. The molecule has 0 heterocycles. The minimum absolute atomic E-state index is 0.000976. The lowest BCUT2D eigenvalue weighted by Crippen LogP contribution is -2.41. The molecule has 3 rings (SSSR count). The van der Waals surface area contributed by atoms with Gasteiger partial charge in [0.1, 0.15) is 5.82 Å². The SMILES string of the molecule is CCNC(=NCc1cccc(C#N)c1)NCC1(c2cccc(F)c2)CC1. The summed E-state index contributed by atoms with van der Waals surface area (Å²) in [5, 5.41) is 15.6. The first-order valence-corrected chi connectivity index (χ1v) is 8.92. The van der Waals surface area contributed by atoms with Gasteiger partial charge in [0.15, 0.2) is 5.96 Å². The van der Waals surface area contributed by atoms with Crippen molar-refractivity contribution >= 4 is 5.96 Å². The number of hydrogen-bond acceptors (Lipinski definition) is 2. The fourth-order valence-electron chi connectivity index (χ4n) is 3.04. The zero-order valence-corrected chi connectivity index (χ0v) is 14.9. The zero-order valence-electron chi connectivity index (χ0n) is 14.9. The van der Waals surface area contributed by atoms with Crippen LogP contribution in [0.3, 0.4) is 0 Å². The monoisotopic (exact) mass is 350 g/mol. The third-order valence-electron chi connectivity index (χ3n) is 4.70. The molecule has 0 radical (unpaired) electrons. The first-order chi connectivity index (χ1) is 12.6. The van der Waals surface area contributed by atoms with E-state index in [0.29, 0.717) is 12.1 Å². The van der Waals surface area contributed by atoms with Crippen molar-refractivity contribution in [1.29, 1.82) is 5.26 Å². The third-order valence-corrected chi connectivity index (χ3v) is 4.70. The van der Waals surface area contributed by atoms with E-state index in [2.05, 4.69) is 21.7 Å². The van der Waals surface area contributed by atoms with E-state index in [1.54, 1.807) is 18.2 Å². The van der Waals surface area contributed by atoms with Crippen LogP contribution in [0.5, 0.6) is 0 Å². The molecule has 134 valence electrons. The summed E-state index contributed by atoms with van der Waals surface area (Å²) in [6, 6.07) is 16.5. The fraction of sp³-hybridized carbons (Fsp3) is 0.333. The van der Waals surface area contributed by atoms with E-state index in [4.69, 9.17) is 5.26 Å². The van der Waals surface area contributed by atoms with E-state index < -0.39 is 0 Å². The zero-order chi connectivity index (χ0) is 18.4. The molecule has 1 aliphatic carbocycles. The smallest absolute Gasteiger partial charge is 0.191 e. The highest BCUT2D eigenvalue weighted by molar-refractivity contribution is 5.80. The second kappa shape index (κ2) is 8.01. The molecule has 1 aliphatic rings. The van der Waals surface area contributed by atoms with Gasteiger partial charge in [-0.1, -0.05) is 24.3 Å². The van der Waals surface area contributed by atoms with Crippen LogP contribution in [-0.2, 0) is 12.0 Å². The van der Waals surface area contributed by atoms with Crippen LogP contribution >= 0.6 is 0 Å². The average molecular weight is 350 g/mol. The Bertz CT molecular complexity index is 834. The summed E-state index contributed by atoms with van der Waals surface area (Å²) in [6.45, 7) is 4.00. The van der Waals surface area contributed by atoms with E-state index in [1.807, 2.05) is 31.2 Å². The second-order valence-corrected chi connectivity index (χ2v) is 6.65. The Hall–Kier alpha value is -2.87. The Balaban J connectivity index is 1.66. The number of nitriles is 1. The van der Waals surface area contributed by atoms with Crippen molar-refractivity contribution < 1.29 is 4.39 Å². The highest BCUT2D eigenvalue weighted by atomic mass is 19.1. The van der Waals surface area contributed by atoms with E-state index in [-0.39, 0.29) is 11.2 Å². The van der Waals surface area contributed by atoms with E-state index >= 15 is 0 Å². The molecule has 0 aliphatic heterocycles. The number of guanidine groups is 1. The number of nitrogens with zero attached hydrogens (tertiary/aromatic N) is 2. The average Bonchev–Trinajstić information content (AvgIpc) is 3.45. The molecule has 5 heteroatoms. The van der Waals surface area contributed by atoms with E-state index in [1.165, 1.54) is 6.07 Å². The van der Waals surface area contributed by atoms with Crippen LogP contribution in [0, 0.1) is 17.1 Å². The Morgan fingerprint density at radius 1 is 1.19 bits per heavy atom. The van der Waals surface area contributed by atoms with Crippen LogP contribution in [0.4, 0.5) is 4.39 Å². The molecular weight excluding hydrogens is 327 g/mol. The summed E-state index contributed by atoms with van der Waals surface area (Å²) < 4.78 is 13.5.